The minimum absolute atomic E-state index is 0.00971. The number of carbonyl (C=O) groups excluding carboxylic acids is 1. The molecule has 1 atom stereocenters. The normalized spacial score (nSPS) is 17.5. The highest BCUT2D eigenvalue weighted by Crippen LogP contribution is 2.30. The third-order valence-electron chi connectivity index (χ3n) is 4.93. The van der Waals surface area contributed by atoms with Crippen LogP contribution in [0.1, 0.15) is 43.0 Å². The second kappa shape index (κ2) is 8.07. The van der Waals surface area contributed by atoms with Gasteiger partial charge < -0.3 is 14.6 Å². The highest BCUT2D eigenvalue weighted by molar-refractivity contribution is 5.74. The van der Waals surface area contributed by atoms with Crippen LogP contribution in [0.5, 0.6) is 0 Å². The lowest BCUT2D eigenvalue weighted by Crippen LogP contribution is -2.42. The summed E-state index contributed by atoms with van der Waals surface area (Å²) in [4.78, 5) is 23.4. The average molecular weight is 365 g/mol. The van der Waals surface area contributed by atoms with Crippen molar-refractivity contribution in [2.75, 3.05) is 6.54 Å². The number of imidazole rings is 1. The van der Waals surface area contributed by atoms with E-state index in [2.05, 4.69) is 15.3 Å². The van der Waals surface area contributed by atoms with Crippen molar-refractivity contribution in [1.29, 1.82) is 0 Å². The SMILES string of the molecule is O=C(NCc1cccnc1-n1ccnc1)N1CCCCCC1c1ccco1. The van der Waals surface area contributed by atoms with Crippen molar-refractivity contribution in [3.8, 4) is 5.82 Å². The number of furan rings is 1. The predicted molar refractivity (Wildman–Crippen MR) is 100 cm³/mol. The van der Waals surface area contributed by atoms with Gasteiger partial charge in [0.05, 0.1) is 12.3 Å². The van der Waals surface area contributed by atoms with Gasteiger partial charge in [-0.25, -0.2) is 14.8 Å². The Hall–Kier alpha value is -3.09. The molecule has 27 heavy (non-hydrogen) atoms. The third-order valence-corrected chi connectivity index (χ3v) is 4.93. The van der Waals surface area contributed by atoms with Gasteiger partial charge in [-0.3, -0.25) is 4.57 Å². The van der Waals surface area contributed by atoms with Crippen molar-refractivity contribution < 1.29 is 9.21 Å². The molecule has 0 spiro atoms. The maximum absolute atomic E-state index is 13.0. The molecule has 4 rings (SSSR count). The van der Waals surface area contributed by atoms with E-state index in [0.29, 0.717) is 6.54 Å². The van der Waals surface area contributed by atoms with Gasteiger partial charge in [-0.1, -0.05) is 18.9 Å². The first-order valence-corrected chi connectivity index (χ1v) is 9.33. The van der Waals surface area contributed by atoms with Gasteiger partial charge in [-0.15, -0.1) is 0 Å². The number of nitrogens with one attached hydrogen (secondary N) is 1. The molecular weight excluding hydrogens is 342 g/mol. The van der Waals surface area contributed by atoms with Crippen molar-refractivity contribution in [2.24, 2.45) is 0 Å². The molecule has 1 unspecified atom stereocenters. The standard InChI is InChI=1S/C20H23N5O2/c26-20(25-11-3-1-2-7-17(25)18-8-5-13-27-18)23-14-16-6-4-9-22-19(16)24-12-10-21-15-24/h4-6,8-10,12-13,15,17H,1-3,7,11,14H2,(H,23,26). The molecule has 4 heterocycles. The van der Waals surface area contributed by atoms with E-state index >= 15 is 0 Å². The largest absolute Gasteiger partial charge is 0.467 e. The van der Waals surface area contributed by atoms with Crippen molar-refractivity contribution in [3.63, 3.8) is 0 Å². The minimum atomic E-state index is -0.0706. The second-order valence-electron chi connectivity index (χ2n) is 6.69. The quantitative estimate of drug-likeness (QED) is 0.765. The van der Waals surface area contributed by atoms with Gasteiger partial charge in [0, 0.05) is 37.2 Å². The lowest BCUT2D eigenvalue weighted by molar-refractivity contribution is 0.166. The highest BCUT2D eigenvalue weighted by atomic mass is 16.3. The first-order chi connectivity index (χ1) is 13.3. The fourth-order valence-corrected chi connectivity index (χ4v) is 3.59. The van der Waals surface area contributed by atoms with Gasteiger partial charge in [0.25, 0.3) is 0 Å². The lowest BCUT2D eigenvalue weighted by atomic mass is 10.1. The van der Waals surface area contributed by atoms with Crippen LogP contribution in [0.2, 0.25) is 0 Å². The zero-order valence-electron chi connectivity index (χ0n) is 15.1. The number of carbonyl (C=O) groups is 1. The molecule has 1 saturated heterocycles. The van der Waals surface area contributed by atoms with E-state index < -0.39 is 0 Å². The molecule has 0 bridgehead atoms. The Kier molecular flexibility index (Phi) is 5.18. The van der Waals surface area contributed by atoms with Crippen LogP contribution in [0, 0.1) is 0 Å². The first-order valence-electron chi connectivity index (χ1n) is 9.33. The first kappa shape index (κ1) is 17.3. The third kappa shape index (κ3) is 3.86. The van der Waals surface area contributed by atoms with E-state index in [9.17, 15) is 4.79 Å². The maximum Gasteiger partial charge on any atom is 0.318 e. The van der Waals surface area contributed by atoms with Crippen LogP contribution in [0.4, 0.5) is 4.79 Å². The molecule has 0 saturated carbocycles. The van der Waals surface area contributed by atoms with Crippen LogP contribution in [0.3, 0.4) is 0 Å². The molecule has 1 aliphatic heterocycles. The summed E-state index contributed by atoms with van der Waals surface area (Å²) in [5.74, 6) is 1.63. The molecule has 7 heteroatoms. The number of hydrogen-bond acceptors (Lipinski definition) is 4. The van der Waals surface area contributed by atoms with Crippen LogP contribution in [0.15, 0.2) is 59.9 Å². The summed E-state index contributed by atoms with van der Waals surface area (Å²) >= 11 is 0. The Morgan fingerprint density at radius 2 is 2.19 bits per heavy atom. The molecular formula is C20H23N5O2. The van der Waals surface area contributed by atoms with E-state index in [1.165, 1.54) is 0 Å². The smallest absolute Gasteiger partial charge is 0.318 e. The molecule has 140 valence electrons. The van der Waals surface area contributed by atoms with Crippen molar-refractivity contribution in [3.05, 3.63) is 66.8 Å². The van der Waals surface area contributed by atoms with Crippen LogP contribution in [0.25, 0.3) is 5.82 Å². The molecule has 3 aromatic rings. The van der Waals surface area contributed by atoms with E-state index in [0.717, 1.165) is 49.4 Å². The summed E-state index contributed by atoms with van der Waals surface area (Å²) in [5.41, 5.74) is 0.938. The molecule has 7 nitrogen and oxygen atoms in total. The van der Waals surface area contributed by atoms with E-state index in [-0.39, 0.29) is 12.1 Å². The van der Waals surface area contributed by atoms with Crippen molar-refractivity contribution >= 4 is 6.03 Å². The zero-order chi connectivity index (χ0) is 18.5. The van der Waals surface area contributed by atoms with Crippen molar-refractivity contribution in [1.82, 2.24) is 24.8 Å². The number of amides is 2. The van der Waals surface area contributed by atoms with Crippen LogP contribution in [-0.4, -0.2) is 32.0 Å². The van der Waals surface area contributed by atoms with Gasteiger partial charge in [0.15, 0.2) is 0 Å². The number of urea groups is 1. The fourth-order valence-electron chi connectivity index (χ4n) is 3.59. The molecule has 0 aliphatic carbocycles. The number of aromatic nitrogens is 3. The predicted octanol–water partition coefficient (Wildman–Crippen LogP) is 3.69. The number of likely N-dealkylation sites (tertiary alicyclic amines) is 1. The lowest BCUT2D eigenvalue weighted by Gasteiger charge is -2.29. The topological polar surface area (TPSA) is 76.2 Å². The summed E-state index contributed by atoms with van der Waals surface area (Å²) in [6.07, 6.45) is 12.8. The van der Waals surface area contributed by atoms with E-state index in [1.54, 1.807) is 25.0 Å². The summed E-state index contributed by atoms with van der Waals surface area (Å²) in [6, 6.07) is 7.59. The summed E-state index contributed by atoms with van der Waals surface area (Å²) in [5, 5.41) is 3.06. The Labute approximate surface area is 158 Å². The van der Waals surface area contributed by atoms with Crippen molar-refractivity contribution in [2.45, 2.75) is 38.3 Å². The fraction of sp³-hybridized carbons (Fsp3) is 0.350. The van der Waals surface area contributed by atoms with Crippen LogP contribution < -0.4 is 5.32 Å². The van der Waals surface area contributed by atoms with E-state index in [1.807, 2.05) is 39.9 Å². The van der Waals surface area contributed by atoms with Gasteiger partial charge in [-0.2, -0.15) is 0 Å². The van der Waals surface area contributed by atoms with Crippen LogP contribution in [-0.2, 0) is 6.54 Å². The molecule has 0 radical (unpaired) electrons. The maximum atomic E-state index is 13.0. The zero-order valence-corrected chi connectivity index (χ0v) is 15.1. The average Bonchev–Trinajstić information content (AvgIpc) is 3.37. The monoisotopic (exact) mass is 365 g/mol. The molecule has 1 N–H and O–H groups in total. The number of hydrogen-bond donors (Lipinski definition) is 1. The summed E-state index contributed by atoms with van der Waals surface area (Å²) < 4.78 is 7.44. The number of pyridine rings is 1. The summed E-state index contributed by atoms with van der Waals surface area (Å²) in [7, 11) is 0. The second-order valence-corrected chi connectivity index (χ2v) is 6.69. The Balaban J connectivity index is 1.49. The van der Waals surface area contributed by atoms with Gasteiger partial charge in [0.2, 0.25) is 0 Å². The highest BCUT2D eigenvalue weighted by Gasteiger charge is 2.28. The Morgan fingerprint density at radius 3 is 3.00 bits per heavy atom. The van der Waals surface area contributed by atoms with Gasteiger partial charge in [-0.05, 0) is 31.0 Å². The molecule has 1 fully saturated rings. The molecule has 1 aliphatic rings. The minimum Gasteiger partial charge on any atom is -0.467 e. The van der Waals surface area contributed by atoms with E-state index in [4.69, 9.17) is 4.42 Å². The molecule has 0 aromatic carbocycles. The van der Waals surface area contributed by atoms with Gasteiger partial charge in [0.1, 0.15) is 17.9 Å². The van der Waals surface area contributed by atoms with Crippen LogP contribution >= 0.6 is 0 Å². The molecule has 2 amide bonds. The Bertz CT molecular complexity index is 860. The van der Waals surface area contributed by atoms with Gasteiger partial charge >= 0.3 is 6.03 Å². The molecule has 3 aromatic heterocycles. The summed E-state index contributed by atoms with van der Waals surface area (Å²) in [6.45, 7) is 1.14. The number of rotatable bonds is 4. The number of nitrogens with zero attached hydrogens (tertiary/aromatic N) is 4. The Morgan fingerprint density at radius 1 is 1.22 bits per heavy atom.